The number of aryl methyl sites for hydroxylation is 2. The van der Waals surface area contributed by atoms with Crippen molar-refractivity contribution < 1.29 is 9.18 Å². The van der Waals surface area contributed by atoms with E-state index >= 15 is 0 Å². The number of nitrogens with one attached hydrogen (secondary N) is 2. The van der Waals surface area contributed by atoms with Gasteiger partial charge in [0.1, 0.15) is 5.82 Å². The van der Waals surface area contributed by atoms with Crippen molar-refractivity contribution in [3.8, 4) is 0 Å². The van der Waals surface area contributed by atoms with E-state index in [4.69, 9.17) is 0 Å². The van der Waals surface area contributed by atoms with Crippen LogP contribution in [0.15, 0.2) is 40.9 Å². The molecule has 2 aromatic carbocycles. The summed E-state index contributed by atoms with van der Waals surface area (Å²) in [6, 6.07) is 9.96. The zero-order valence-electron chi connectivity index (χ0n) is 12.5. The van der Waals surface area contributed by atoms with E-state index in [-0.39, 0.29) is 11.8 Å². The van der Waals surface area contributed by atoms with Gasteiger partial charge in [-0.15, -0.1) is 0 Å². The summed E-state index contributed by atoms with van der Waals surface area (Å²) in [4.78, 5) is 12.0. The second-order valence-electron chi connectivity index (χ2n) is 5.17. The quantitative estimate of drug-likeness (QED) is 0.819. The minimum Gasteiger partial charge on any atom is -0.338 e. The maximum absolute atomic E-state index is 12.8. The number of anilines is 1. The first-order valence-corrected chi connectivity index (χ1v) is 7.81. The summed E-state index contributed by atoms with van der Waals surface area (Å²) in [6.07, 6.45) is 0.659. The summed E-state index contributed by atoms with van der Waals surface area (Å²) in [7, 11) is 0. The summed E-state index contributed by atoms with van der Waals surface area (Å²) < 4.78 is 13.8. The van der Waals surface area contributed by atoms with Crippen LogP contribution in [0.4, 0.5) is 14.9 Å². The third-order valence-electron chi connectivity index (χ3n) is 3.35. The van der Waals surface area contributed by atoms with Crippen molar-refractivity contribution in [2.45, 2.75) is 20.3 Å². The van der Waals surface area contributed by atoms with Gasteiger partial charge in [-0.2, -0.15) is 0 Å². The maximum atomic E-state index is 12.8. The molecule has 2 N–H and O–H groups in total. The number of benzene rings is 2. The van der Waals surface area contributed by atoms with Crippen LogP contribution >= 0.6 is 15.9 Å². The van der Waals surface area contributed by atoms with Crippen LogP contribution in [-0.2, 0) is 6.42 Å². The number of hydrogen-bond donors (Lipinski definition) is 2. The molecule has 0 aromatic heterocycles. The van der Waals surface area contributed by atoms with Gasteiger partial charge >= 0.3 is 6.03 Å². The van der Waals surface area contributed by atoms with Gasteiger partial charge in [0.25, 0.3) is 0 Å². The second-order valence-corrected chi connectivity index (χ2v) is 6.09. The van der Waals surface area contributed by atoms with Crippen molar-refractivity contribution >= 4 is 27.6 Å². The first kappa shape index (κ1) is 16.5. The van der Waals surface area contributed by atoms with Crippen LogP contribution in [0.3, 0.4) is 0 Å². The Morgan fingerprint density at radius 2 is 1.73 bits per heavy atom. The van der Waals surface area contributed by atoms with E-state index in [1.54, 1.807) is 12.1 Å². The fourth-order valence-electron chi connectivity index (χ4n) is 2.24. The van der Waals surface area contributed by atoms with E-state index in [1.165, 1.54) is 12.1 Å². The molecule has 0 spiro atoms. The molecule has 0 fully saturated rings. The molecule has 5 heteroatoms. The van der Waals surface area contributed by atoms with Crippen LogP contribution in [0.2, 0.25) is 0 Å². The molecule has 0 heterocycles. The van der Waals surface area contributed by atoms with Crippen molar-refractivity contribution in [3.05, 3.63) is 63.4 Å². The fraction of sp³-hybridized carbons (Fsp3) is 0.235. The minimum absolute atomic E-state index is 0.240. The highest BCUT2D eigenvalue weighted by atomic mass is 79.9. The summed E-state index contributed by atoms with van der Waals surface area (Å²) >= 11 is 3.43. The average molecular weight is 365 g/mol. The number of carbonyl (C=O) groups excluding carboxylic acids is 1. The van der Waals surface area contributed by atoms with Crippen LogP contribution in [0, 0.1) is 19.7 Å². The third kappa shape index (κ3) is 4.56. The summed E-state index contributed by atoms with van der Waals surface area (Å²) in [5.41, 5.74) is 3.81. The van der Waals surface area contributed by atoms with Gasteiger partial charge in [-0.3, -0.25) is 0 Å². The Morgan fingerprint density at radius 1 is 1.14 bits per heavy atom. The molecule has 0 bridgehead atoms. The normalized spacial score (nSPS) is 10.4. The Morgan fingerprint density at radius 3 is 2.32 bits per heavy atom. The topological polar surface area (TPSA) is 41.1 Å². The number of rotatable bonds is 4. The van der Waals surface area contributed by atoms with E-state index in [1.807, 2.05) is 26.0 Å². The highest BCUT2D eigenvalue weighted by Gasteiger charge is 2.08. The molecule has 22 heavy (non-hydrogen) atoms. The predicted octanol–water partition coefficient (Wildman–Crippen LogP) is 4.57. The minimum atomic E-state index is -0.254. The first-order chi connectivity index (χ1) is 10.5. The fourth-order valence-corrected chi connectivity index (χ4v) is 2.92. The molecule has 0 radical (unpaired) electrons. The lowest BCUT2D eigenvalue weighted by molar-refractivity contribution is 0.252. The smallest absolute Gasteiger partial charge is 0.319 e. The van der Waals surface area contributed by atoms with E-state index in [2.05, 4.69) is 26.6 Å². The van der Waals surface area contributed by atoms with E-state index < -0.39 is 0 Å². The highest BCUT2D eigenvalue weighted by Crippen LogP contribution is 2.24. The number of carbonyl (C=O) groups is 1. The lowest BCUT2D eigenvalue weighted by Gasteiger charge is -2.13. The number of halogens is 2. The Kier molecular flexibility index (Phi) is 5.55. The van der Waals surface area contributed by atoms with Crippen LogP contribution < -0.4 is 10.6 Å². The summed E-state index contributed by atoms with van der Waals surface area (Å²) in [5, 5.41) is 5.68. The van der Waals surface area contributed by atoms with Gasteiger partial charge in [-0.05, 0) is 61.2 Å². The molecule has 116 valence electrons. The van der Waals surface area contributed by atoms with Gasteiger partial charge in [0.05, 0.1) is 0 Å². The van der Waals surface area contributed by atoms with Crippen molar-refractivity contribution in [2.24, 2.45) is 0 Å². The Hall–Kier alpha value is -1.88. The Labute approximate surface area is 138 Å². The van der Waals surface area contributed by atoms with Crippen LogP contribution in [-0.4, -0.2) is 12.6 Å². The zero-order chi connectivity index (χ0) is 16.1. The largest absolute Gasteiger partial charge is 0.338 e. The van der Waals surface area contributed by atoms with Gasteiger partial charge in [-0.25, -0.2) is 9.18 Å². The predicted molar refractivity (Wildman–Crippen MR) is 90.7 cm³/mol. The van der Waals surface area contributed by atoms with E-state index in [0.717, 1.165) is 26.9 Å². The molecule has 2 aromatic rings. The van der Waals surface area contributed by atoms with Gasteiger partial charge in [-0.1, -0.05) is 28.1 Å². The molecule has 3 nitrogen and oxygen atoms in total. The van der Waals surface area contributed by atoms with Crippen molar-refractivity contribution in [2.75, 3.05) is 11.9 Å². The van der Waals surface area contributed by atoms with Gasteiger partial charge < -0.3 is 10.6 Å². The molecule has 0 atom stereocenters. The molecular formula is C17H18BrFN2O. The number of hydrogen-bond acceptors (Lipinski definition) is 1. The molecule has 0 saturated carbocycles. The molecule has 0 aliphatic carbocycles. The van der Waals surface area contributed by atoms with Crippen LogP contribution in [0.25, 0.3) is 0 Å². The van der Waals surface area contributed by atoms with Crippen molar-refractivity contribution in [1.82, 2.24) is 5.32 Å². The lowest BCUT2D eigenvalue weighted by Crippen LogP contribution is -2.31. The molecule has 0 aliphatic heterocycles. The standard InChI is InChI=1S/C17H18BrFN2O/c1-11-9-14(18)10-12(2)16(11)21-17(22)20-8-7-13-3-5-15(19)6-4-13/h3-6,9-10H,7-8H2,1-2H3,(H2,20,21,22). The molecule has 0 unspecified atom stereocenters. The zero-order valence-corrected chi connectivity index (χ0v) is 14.1. The van der Waals surface area contributed by atoms with Crippen LogP contribution in [0.5, 0.6) is 0 Å². The monoisotopic (exact) mass is 364 g/mol. The van der Waals surface area contributed by atoms with Gasteiger partial charge in [0.15, 0.2) is 0 Å². The van der Waals surface area contributed by atoms with Crippen molar-refractivity contribution in [1.29, 1.82) is 0 Å². The third-order valence-corrected chi connectivity index (χ3v) is 3.81. The number of urea groups is 1. The lowest BCUT2D eigenvalue weighted by atomic mass is 10.1. The maximum Gasteiger partial charge on any atom is 0.319 e. The SMILES string of the molecule is Cc1cc(Br)cc(C)c1NC(=O)NCCc1ccc(F)cc1. The Balaban J connectivity index is 1.87. The summed E-state index contributed by atoms with van der Waals surface area (Å²) in [6.45, 7) is 4.39. The molecule has 0 saturated heterocycles. The number of amides is 2. The molecule has 2 amide bonds. The highest BCUT2D eigenvalue weighted by molar-refractivity contribution is 9.10. The van der Waals surface area contributed by atoms with Gasteiger partial charge in [0.2, 0.25) is 0 Å². The molecular weight excluding hydrogens is 347 g/mol. The van der Waals surface area contributed by atoms with E-state index in [0.29, 0.717) is 13.0 Å². The Bertz CT molecular complexity index is 648. The van der Waals surface area contributed by atoms with E-state index in [9.17, 15) is 9.18 Å². The molecule has 2 rings (SSSR count). The summed E-state index contributed by atoms with van der Waals surface area (Å²) in [5.74, 6) is -0.254. The first-order valence-electron chi connectivity index (χ1n) is 7.02. The average Bonchev–Trinajstić information content (AvgIpc) is 2.45. The van der Waals surface area contributed by atoms with Crippen LogP contribution in [0.1, 0.15) is 16.7 Å². The molecule has 0 aliphatic rings. The van der Waals surface area contributed by atoms with Crippen molar-refractivity contribution in [3.63, 3.8) is 0 Å². The second kappa shape index (κ2) is 7.40. The van der Waals surface area contributed by atoms with Gasteiger partial charge in [0, 0.05) is 16.7 Å².